The van der Waals surface area contributed by atoms with Crippen molar-refractivity contribution in [2.75, 3.05) is 11.9 Å². The largest absolute Gasteiger partial charge is 0.325 e. The number of nitrogens with two attached hydrogens (primary N) is 1. The standard InChI is InChI=1S/C9H12Cl2N4/c1-2-13-9(15-12)14-8-4-6(10)3-7(11)5-8/h3-5H,2,12H2,1H3,(H2,13,14,15). The average molecular weight is 247 g/mol. The van der Waals surface area contributed by atoms with E-state index in [1.54, 1.807) is 18.2 Å². The molecule has 4 N–H and O–H groups in total. The molecule has 0 unspecified atom stereocenters. The van der Waals surface area contributed by atoms with Gasteiger partial charge in [-0.15, -0.1) is 0 Å². The first-order valence-electron chi connectivity index (χ1n) is 4.40. The molecule has 82 valence electrons. The summed E-state index contributed by atoms with van der Waals surface area (Å²) in [5.74, 6) is 5.74. The number of nitrogens with zero attached hydrogens (tertiary/aromatic N) is 1. The quantitative estimate of drug-likeness (QED) is 0.325. The number of hydrogen-bond donors (Lipinski definition) is 3. The molecule has 1 aromatic carbocycles. The number of hydrazine groups is 1. The predicted octanol–water partition coefficient (Wildman–Crippen LogP) is 2.24. The van der Waals surface area contributed by atoms with Gasteiger partial charge >= 0.3 is 0 Å². The van der Waals surface area contributed by atoms with Crippen molar-refractivity contribution in [2.24, 2.45) is 10.8 Å². The first-order chi connectivity index (χ1) is 7.15. The third kappa shape index (κ3) is 3.95. The second-order valence-electron chi connectivity index (χ2n) is 2.75. The molecule has 0 aliphatic carbocycles. The highest BCUT2D eigenvalue weighted by Gasteiger charge is 2.00. The van der Waals surface area contributed by atoms with Gasteiger partial charge < -0.3 is 5.32 Å². The van der Waals surface area contributed by atoms with Crippen LogP contribution in [0.3, 0.4) is 0 Å². The molecular formula is C9H12Cl2N4. The fourth-order valence-corrected chi connectivity index (χ4v) is 1.57. The predicted molar refractivity (Wildman–Crippen MR) is 65.4 cm³/mol. The lowest BCUT2D eigenvalue weighted by molar-refractivity contribution is 0.986. The smallest absolute Gasteiger partial charge is 0.210 e. The van der Waals surface area contributed by atoms with Crippen molar-refractivity contribution in [3.8, 4) is 0 Å². The topological polar surface area (TPSA) is 62.4 Å². The van der Waals surface area contributed by atoms with Crippen LogP contribution in [0.2, 0.25) is 10.0 Å². The molecule has 0 radical (unpaired) electrons. The third-order valence-electron chi connectivity index (χ3n) is 1.58. The van der Waals surface area contributed by atoms with E-state index in [2.05, 4.69) is 15.7 Å². The Morgan fingerprint density at radius 2 is 1.93 bits per heavy atom. The number of aliphatic imine (C=N–C) groups is 1. The van der Waals surface area contributed by atoms with E-state index in [4.69, 9.17) is 29.0 Å². The summed E-state index contributed by atoms with van der Waals surface area (Å²) in [6, 6.07) is 5.12. The Balaban J connectivity index is 2.83. The van der Waals surface area contributed by atoms with Crippen LogP contribution in [0.15, 0.2) is 23.2 Å². The molecule has 0 aromatic heterocycles. The number of hydrogen-bond acceptors (Lipinski definition) is 2. The molecule has 0 fully saturated rings. The summed E-state index contributed by atoms with van der Waals surface area (Å²) in [4.78, 5) is 4.08. The number of guanidine groups is 1. The molecule has 15 heavy (non-hydrogen) atoms. The number of benzene rings is 1. The summed E-state index contributed by atoms with van der Waals surface area (Å²) < 4.78 is 0. The van der Waals surface area contributed by atoms with Crippen molar-refractivity contribution in [1.29, 1.82) is 0 Å². The maximum absolute atomic E-state index is 5.84. The minimum Gasteiger partial charge on any atom is -0.325 e. The SMILES string of the molecule is CCN=C(NN)Nc1cc(Cl)cc(Cl)c1. The molecule has 1 rings (SSSR count). The Hall–Kier alpha value is -0.970. The first kappa shape index (κ1) is 12.1. The van der Waals surface area contributed by atoms with Crippen LogP contribution < -0.4 is 16.6 Å². The van der Waals surface area contributed by atoms with E-state index in [1.165, 1.54) is 0 Å². The van der Waals surface area contributed by atoms with E-state index in [9.17, 15) is 0 Å². The molecule has 0 saturated heterocycles. The Morgan fingerprint density at radius 1 is 1.33 bits per heavy atom. The van der Waals surface area contributed by atoms with Gasteiger partial charge in [-0.25, -0.2) is 5.84 Å². The number of anilines is 1. The van der Waals surface area contributed by atoms with E-state index in [0.717, 1.165) is 5.69 Å². The molecule has 0 aliphatic heterocycles. The minimum atomic E-state index is 0.468. The van der Waals surface area contributed by atoms with Gasteiger partial charge in [0.1, 0.15) is 0 Å². The minimum absolute atomic E-state index is 0.468. The average Bonchev–Trinajstić information content (AvgIpc) is 2.15. The monoisotopic (exact) mass is 246 g/mol. The molecular weight excluding hydrogens is 235 g/mol. The van der Waals surface area contributed by atoms with Crippen LogP contribution in [-0.4, -0.2) is 12.5 Å². The zero-order valence-electron chi connectivity index (χ0n) is 8.22. The van der Waals surface area contributed by atoms with E-state index >= 15 is 0 Å². The Morgan fingerprint density at radius 3 is 2.40 bits per heavy atom. The van der Waals surface area contributed by atoms with Gasteiger partial charge in [-0.2, -0.15) is 0 Å². The van der Waals surface area contributed by atoms with Gasteiger partial charge in [0.15, 0.2) is 0 Å². The molecule has 0 aliphatic rings. The van der Waals surface area contributed by atoms with Crippen molar-refractivity contribution < 1.29 is 0 Å². The van der Waals surface area contributed by atoms with Gasteiger partial charge in [0.05, 0.1) is 0 Å². The number of nitrogens with one attached hydrogen (secondary N) is 2. The lowest BCUT2D eigenvalue weighted by atomic mass is 10.3. The maximum atomic E-state index is 5.84. The maximum Gasteiger partial charge on any atom is 0.210 e. The summed E-state index contributed by atoms with van der Waals surface area (Å²) in [6.07, 6.45) is 0. The van der Waals surface area contributed by atoms with E-state index in [1.807, 2.05) is 6.92 Å². The summed E-state index contributed by atoms with van der Waals surface area (Å²) in [5.41, 5.74) is 3.18. The fraction of sp³-hybridized carbons (Fsp3) is 0.222. The van der Waals surface area contributed by atoms with E-state index < -0.39 is 0 Å². The molecule has 0 saturated carbocycles. The molecule has 0 heterocycles. The van der Waals surface area contributed by atoms with Crippen molar-refractivity contribution in [2.45, 2.75) is 6.92 Å². The van der Waals surface area contributed by atoms with Crippen LogP contribution >= 0.6 is 23.2 Å². The molecule has 0 amide bonds. The van der Waals surface area contributed by atoms with Crippen molar-refractivity contribution >= 4 is 34.8 Å². The summed E-state index contributed by atoms with van der Waals surface area (Å²) in [6.45, 7) is 2.53. The Kier molecular flexibility index (Phi) is 4.68. The second kappa shape index (κ2) is 5.80. The number of rotatable bonds is 2. The van der Waals surface area contributed by atoms with Crippen LogP contribution in [0.4, 0.5) is 5.69 Å². The second-order valence-corrected chi connectivity index (χ2v) is 3.62. The van der Waals surface area contributed by atoms with E-state index in [-0.39, 0.29) is 0 Å². The van der Waals surface area contributed by atoms with Crippen molar-refractivity contribution in [3.63, 3.8) is 0 Å². The highest BCUT2D eigenvalue weighted by molar-refractivity contribution is 6.35. The zero-order valence-corrected chi connectivity index (χ0v) is 9.73. The van der Waals surface area contributed by atoms with Gasteiger partial charge in [-0.05, 0) is 25.1 Å². The molecule has 4 nitrogen and oxygen atoms in total. The first-order valence-corrected chi connectivity index (χ1v) is 5.15. The molecule has 0 atom stereocenters. The van der Waals surface area contributed by atoms with Crippen molar-refractivity contribution in [1.82, 2.24) is 5.43 Å². The fourth-order valence-electron chi connectivity index (χ4n) is 1.04. The highest BCUT2D eigenvalue weighted by atomic mass is 35.5. The Bertz CT molecular complexity index is 345. The van der Waals surface area contributed by atoms with Crippen LogP contribution in [-0.2, 0) is 0 Å². The van der Waals surface area contributed by atoms with E-state index in [0.29, 0.717) is 22.5 Å². The van der Waals surface area contributed by atoms with Crippen LogP contribution in [0, 0.1) is 0 Å². The lowest BCUT2D eigenvalue weighted by Gasteiger charge is -2.09. The summed E-state index contributed by atoms with van der Waals surface area (Å²) in [5, 5.41) is 4.06. The van der Waals surface area contributed by atoms with Gasteiger partial charge in [0.2, 0.25) is 5.96 Å². The van der Waals surface area contributed by atoms with Crippen LogP contribution in [0.25, 0.3) is 0 Å². The molecule has 1 aromatic rings. The Labute approximate surface area is 98.4 Å². The molecule has 6 heteroatoms. The lowest BCUT2D eigenvalue weighted by Crippen LogP contribution is -2.36. The third-order valence-corrected chi connectivity index (χ3v) is 2.01. The highest BCUT2D eigenvalue weighted by Crippen LogP contribution is 2.22. The normalized spacial score (nSPS) is 11.3. The molecule has 0 spiro atoms. The van der Waals surface area contributed by atoms with Gasteiger partial charge in [-0.3, -0.25) is 10.4 Å². The zero-order chi connectivity index (χ0) is 11.3. The van der Waals surface area contributed by atoms with Gasteiger partial charge in [0.25, 0.3) is 0 Å². The van der Waals surface area contributed by atoms with Gasteiger partial charge in [0, 0.05) is 22.3 Å². The van der Waals surface area contributed by atoms with Crippen LogP contribution in [0.5, 0.6) is 0 Å². The van der Waals surface area contributed by atoms with Crippen LogP contribution in [0.1, 0.15) is 6.92 Å². The molecule has 0 bridgehead atoms. The van der Waals surface area contributed by atoms with Crippen molar-refractivity contribution in [3.05, 3.63) is 28.2 Å². The number of halogens is 2. The summed E-state index contributed by atoms with van der Waals surface area (Å²) in [7, 11) is 0. The van der Waals surface area contributed by atoms with Gasteiger partial charge in [-0.1, -0.05) is 23.2 Å². The summed E-state index contributed by atoms with van der Waals surface area (Å²) >= 11 is 11.7.